The summed E-state index contributed by atoms with van der Waals surface area (Å²) in [4.78, 5) is 18.4. The molecule has 0 spiro atoms. The lowest BCUT2D eigenvalue weighted by Crippen LogP contribution is -2.49. The molecule has 1 aliphatic rings. The Bertz CT molecular complexity index is 666. The van der Waals surface area contributed by atoms with E-state index in [9.17, 15) is 9.18 Å². The first-order chi connectivity index (χ1) is 12.1. The second kappa shape index (κ2) is 8.25. The van der Waals surface area contributed by atoms with Crippen molar-refractivity contribution in [2.24, 2.45) is 4.99 Å². The second-order valence-electron chi connectivity index (χ2n) is 7.68. The molecule has 2 unspecified atom stereocenters. The first-order valence-electron chi connectivity index (χ1n) is 8.89. The van der Waals surface area contributed by atoms with Crippen LogP contribution in [0.1, 0.15) is 45.6 Å². The maximum atomic E-state index is 14.1. The first-order valence-corrected chi connectivity index (χ1v) is 9.27. The average molecular weight is 383 g/mol. The third-order valence-electron chi connectivity index (χ3n) is 4.04. The summed E-state index contributed by atoms with van der Waals surface area (Å²) < 4.78 is 14.1. The molecule has 0 aliphatic heterocycles. The quantitative estimate of drug-likeness (QED) is 0.607. The van der Waals surface area contributed by atoms with Crippen molar-refractivity contribution in [3.05, 3.63) is 34.6 Å². The average Bonchev–Trinajstić information content (AvgIpc) is 3.23. The fourth-order valence-electron chi connectivity index (χ4n) is 2.88. The lowest BCUT2D eigenvalue weighted by Gasteiger charge is -2.25. The standard InChI is InChI=1S/C19H28ClFN4O/c1-6-22-18(25(5)11-16(26)24-19(2,3)4)23-15-10-12(15)17-13(20)8-7-9-14(17)21/h7-9,12,15H,6,10-11H2,1-5H3,(H,22,23)(H,24,26). The molecule has 144 valence electrons. The van der Waals surface area contributed by atoms with E-state index in [2.05, 4.69) is 15.6 Å². The van der Waals surface area contributed by atoms with E-state index in [1.807, 2.05) is 34.7 Å². The number of carbonyl (C=O) groups excluding carboxylic acids is 1. The van der Waals surface area contributed by atoms with Gasteiger partial charge in [0.05, 0.1) is 6.54 Å². The summed E-state index contributed by atoms with van der Waals surface area (Å²) in [6.07, 6.45) is 0.783. The Labute approximate surface area is 160 Å². The molecular weight excluding hydrogens is 355 g/mol. The molecule has 2 atom stereocenters. The molecule has 2 rings (SSSR count). The SMILES string of the molecule is CCN=C(NC1CC1c1c(F)cccc1Cl)N(C)CC(=O)NC(C)(C)C. The Morgan fingerprint density at radius 3 is 2.69 bits per heavy atom. The Kier molecular flexibility index (Phi) is 6.50. The van der Waals surface area contributed by atoms with Gasteiger partial charge >= 0.3 is 0 Å². The zero-order valence-electron chi connectivity index (χ0n) is 16.1. The van der Waals surface area contributed by atoms with E-state index < -0.39 is 0 Å². The maximum absolute atomic E-state index is 14.1. The van der Waals surface area contributed by atoms with Crippen LogP contribution in [0, 0.1) is 5.82 Å². The number of halogens is 2. The van der Waals surface area contributed by atoms with Gasteiger partial charge in [0.2, 0.25) is 5.91 Å². The number of guanidine groups is 1. The molecule has 0 heterocycles. The molecule has 1 saturated carbocycles. The minimum absolute atomic E-state index is 0.0163. The van der Waals surface area contributed by atoms with E-state index in [0.717, 1.165) is 6.42 Å². The molecule has 2 N–H and O–H groups in total. The minimum atomic E-state index is -0.281. The lowest BCUT2D eigenvalue weighted by molar-refractivity contribution is -0.122. The number of benzene rings is 1. The minimum Gasteiger partial charge on any atom is -0.353 e. The Morgan fingerprint density at radius 2 is 2.12 bits per heavy atom. The molecule has 1 aromatic rings. The van der Waals surface area contributed by atoms with Crippen molar-refractivity contribution in [3.8, 4) is 0 Å². The number of carbonyl (C=O) groups is 1. The normalized spacial score (nSPS) is 19.9. The number of hydrogen-bond donors (Lipinski definition) is 2. The van der Waals surface area contributed by atoms with Gasteiger partial charge in [0.25, 0.3) is 0 Å². The molecule has 1 fully saturated rings. The van der Waals surface area contributed by atoms with Crippen LogP contribution in [0.25, 0.3) is 0 Å². The van der Waals surface area contributed by atoms with E-state index in [-0.39, 0.29) is 35.8 Å². The Morgan fingerprint density at radius 1 is 1.42 bits per heavy atom. The van der Waals surface area contributed by atoms with Gasteiger partial charge in [-0.25, -0.2) is 4.39 Å². The molecule has 1 amide bonds. The number of likely N-dealkylation sites (N-methyl/N-ethyl adjacent to an activating group) is 1. The van der Waals surface area contributed by atoms with Crippen molar-refractivity contribution >= 4 is 23.5 Å². The third kappa shape index (κ3) is 5.59. The molecule has 5 nitrogen and oxygen atoms in total. The van der Waals surface area contributed by atoms with Gasteiger partial charge < -0.3 is 15.5 Å². The number of rotatable bonds is 5. The lowest BCUT2D eigenvalue weighted by atomic mass is 10.1. The third-order valence-corrected chi connectivity index (χ3v) is 4.37. The molecule has 0 aromatic heterocycles. The van der Waals surface area contributed by atoms with E-state index in [4.69, 9.17) is 11.6 Å². The van der Waals surface area contributed by atoms with Gasteiger partial charge in [-0.3, -0.25) is 9.79 Å². The summed E-state index contributed by atoms with van der Waals surface area (Å²) in [5.41, 5.74) is 0.270. The van der Waals surface area contributed by atoms with E-state index >= 15 is 0 Å². The van der Waals surface area contributed by atoms with Gasteiger partial charge in [0, 0.05) is 41.7 Å². The molecule has 0 bridgehead atoms. The Balaban J connectivity index is 1.99. The summed E-state index contributed by atoms with van der Waals surface area (Å²) in [6.45, 7) is 8.54. The van der Waals surface area contributed by atoms with Crippen molar-refractivity contribution in [2.75, 3.05) is 20.1 Å². The zero-order valence-corrected chi connectivity index (χ0v) is 16.8. The van der Waals surface area contributed by atoms with Crippen LogP contribution in [-0.2, 0) is 4.79 Å². The maximum Gasteiger partial charge on any atom is 0.240 e. The molecule has 7 heteroatoms. The summed E-state index contributed by atoms with van der Waals surface area (Å²) in [5, 5.41) is 6.72. The van der Waals surface area contributed by atoms with Crippen LogP contribution < -0.4 is 10.6 Å². The van der Waals surface area contributed by atoms with Crippen molar-refractivity contribution < 1.29 is 9.18 Å². The zero-order chi connectivity index (χ0) is 19.5. The highest BCUT2D eigenvalue weighted by atomic mass is 35.5. The number of hydrogen-bond acceptors (Lipinski definition) is 2. The molecular formula is C19H28ClFN4O. The van der Waals surface area contributed by atoms with Crippen LogP contribution in [0.4, 0.5) is 4.39 Å². The highest BCUT2D eigenvalue weighted by Crippen LogP contribution is 2.44. The van der Waals surface area contributed by atoms with Gasteiger partial charge in [-0.2, -0.15) is 0 Å². The highest BCUT2D eigenvalue weighted by molar-refractivity contribution is 6.31. The van der Waals surface area contributed by atoms with Gasteiger partial charge in [-0.1, -0.05) is 17.7 Å². The molecule has 1 aliphatic carbocycles. The second-order valence-corrected chi connectivity index (χ2v) is 8.09. The molecule has 1 aromatic carbocycles. The molecule has 0 radical (unpaired) electrons. The van der Waals surface area contributed by atoms with E-state index in [0.29, 0.717) is 23.1 Å². The monoisotopic (exact) mass is 382 g/mol. The van der Waals surface area contributed by atoms with Crippen LogP contribution in [-0.4, -0.2) is 48.5 Å². The van der Waals surface area contributed by atoms with Gasteiger partial charge in [0.15, 0.2) is 5.96 Å². The van der Waals surface area contributed by atoms with Gasteiger partial charge in [0.1, 0.15) is 5.82 Å². The fraction of sp³-hybridized carbons (Fsp3) is 0.579. The van der Waals surface area contributed by atoms with Crippen LogP contribution in [0.3, 0.4) is 0 Å². The van der Waals surface area contributed by atoms with Gasteiger partial charge in [-0.05, 0) is 46.2 Å². The number of nitrogens with one attached hydrogen (secondary N) is 2. The summed E-state index contributed by atoms with van der Waals surface area (Å²) in [5.74, 6) is 0.299. The van der Waals surface area contributed by atoms with E-state index in [1.54, 1.807) is 17.0 Å². The largest absolute Gasteiger partial charge is 0.353 e. The van der Waals surface area contributed by atoms with Crippen molar-refractivity contribution in [1.82, 2.24) is 15.5 Å². The van der Waals surface area contributed by atoms with Gasteiger partial charge in [-0.15, -0.1) is 0 Å². The van der Waals surface area contributed by atoms with Crippen LogP contribution in [0.15, 0.2) is 23.2 Å². The van der Waals surface area contributed by atoms with Crippen LogP contribution in [0.2, 0.25) is 5.02 Å². The molecule has 0 saturated heterocycles. The van der Waals surface area contributed by atoms with Crippen LogP contribution in [0.5, 0.6) is 0 Å². The topological polar surface area (TPSA) is 56.7 Å². The fourth-order valence-corrected chi connectivity index (χ4v) is 3.18. The van der Waals surface area contributed by atoms with Crippen molar-refractivity contribution in [2.45, 2.75) is 51.6 Å². The number of amides is 1. The summed E-state index contributed by atoms with van der Waals surface area (Å²) in [7, 11) is 1.82. The summed E-state index contributed by atoms with van der Waals surface area (Å²) >= 11 is 6.16. The van der Waals surface area contributed by atoms with Crippen molar-refractivity contribution in [1.29, 1.82) is 0 Å². The highest BCUT2D eigenvalue weighted by Gasteiger charge is 2.42. The molecule has 26 heavy (non-hydrogen) atoms. The number of aliphatic imine (C=N–C) groups is 1. The van der Waals surface area contributed by atoms with E-state index in [1.165, 1.54) is 6.07 Å². The predicted molar refractivity (Wildman–Crippen MR) is 104 cm³/mol. The first kappa shape index (κ1) is 20.5. The van der Waals surface area contributed by atoms with Crippen molar-refractivity contribution in [3.63, 3.8) is 0 Å². The smallest absolute Gasteiger partial charge is 0.240 e. The number of nitrogens with zero attached hydrogens (tertiary/aromatic N) is 2. The van der Waals surface area contributed by atoms with Crippen LogP contribution >= 0.6 is 11.6 Å². The Hall–Kier alpha value is -1.82. The summed E-state index contributed by atoms with van der Waals surface area (Å²) in [6, 6.07) is 4.81. The predicted octanol–water partition coefficient (Wildman–Crippen LogP) is 3.15.